The van der Waals surface area contributed by atoms with Gasteiger partial charge in [-0.1, -0.05) is 91.0 Å². The quantitative estimate of drug-likeness (QED) is 0.582. The predicted octanol–water partition coefficient (Wildman–Crippen LogP) is 4.70. The fourth-order valence-electron chi connectivity index (χ4n) is 4.59. The average Bonchev–Trinajstić information content (AvgIpc) is 3.09. The summed E-state index contributed by atoms with van der Waals surface area (Å²) in [6.45, 7) is 0.614. The van der Waals surface area contributed by atoms with Crippen LogP contribution in [0.5, 0.6) is 0 Å². The Morgan fingerprint density at radius 3 is 1.27 bits per heavy atom. The van der Waals surface area contributed by atoms with Crippen LogP contribution in [0.15, 0.2) is 91.0 Å². The Hall–Kier alpha value is -2.58. The predicted molar refractivity (Wildman–Crippen MR) is 119 cm³/mol. The van der Waals surface area contributed by atoms with Crippen molar-refractivity contribution >= 4 is 0 Å². The first kappa shape index (κ1) is 21.0. The van der Waals surface area contributed by atoms with E-state index in [2.05, 4.69) is 0 Å². The second-order valence-electron chi connectivity index (χ2n) is 8.44. The van der Waals surface area contributed by atoms with Crippen LogP contribution >= 0.6 is 0 Å². The van der Waals surface area contributed by atoms with Gasteiger partial charge < -0.3 is 28.4 Å². The van der Waals surface area contributed by atoms with Crippen LogP contribution in [-0.4, -0.2) is 37.6 Å². The number of benzene rings is 3. The van der Waals surface area contributed by atoms with Crippen molar-refractivity contribution in [3.63, 3.8) is 0 Å². The Bertz CT molecular complexity index is 939. The fourth-order valence-corrected chi connectivity index (χ4v) is 4.59. The standard InChI is InChI=1S/C27H26O6/c1-4-10-18(11-5-1)25-28-17-22-23-24(33-27(31-22)20-14-8-3-9-15-20)21(30-25)16-29-26(32-23)19-12-6-2-7-13-19/h1-15,21-27H,16-17H2/t21-,22+,23+,24+,25?,26?,27?/m1/s1. The van der Waals surface area contributed by atoms with Crippen molar-refractivity contribution in [1.29, 1.82) is 0 Å². The van der Waals surface area contributed by atoms with Gasteiger partial charge in [-0.05, 0) is 0 Å². The summed E-state index contributed by atoms with van der Waals surface area (Å²) >= 11 is 0. The first-order valence-electron chi connectivity index (χ1n) is 11.3. The molecular formula is C27H26O6. The van der Waals surface area contributed by atoms with Crippen LogP contribution in [-0.2, 0) is 28.4 Å². The molecule has 7 atom stereocenters. The number of hydrogen-bond donors (Lipinski definition) is 0. The maximum absolute atomic E-state index is 6.49. The second-order valence-corrected chi connectivity index (χ2v) is 8.44. The van der Waals surface area contributed by atoms with Crippen molar-refractivity contribution in [2.24, 2.45) is 0 Å². The van der Waals surface area contributed by atoms with Crippen LogP contribution in [0.25, 0.3) is 0 Å². The van der Waals surface area contributed by atoms with E-state index >= 15 is 0 Å². The summed E-state index contributed by atoms with van der Waals surface area (Å²) in [7, 11) is 0. The van der Waals surface area contributed by atoms with E-state index in [9.17, 15) is 0 Å². The highest BCUT2D eigenvalue weighted by Crippen LogP contribution is 2.41. The zero-order valence-corrected chi connectivity index (χ0v) is 18.1. The monoisotopic (exact) mass is 446 g/mol. The topological polar surface area (TPSA) is 55.4 Å². The molecule has 3 aliphatic heterocycles. The second kappa shape index (κ2) is 9.35. The van der Waals surface area contributed by atoms with Crippen LogP contribution in [0.2, 0.25) is 0 Å². The molecule has 3 heterocycles. The molecule has 3 aromatic rings. The van der Waals surface area contributed by atoms with Gasteiger partial charge in [0.1, 0.15) is 24.4 Å². The normalized spacial score (nSPS) is 34.0. The maximum atomic E-state index is 6.49. The molecule has 6 heteroatoms. The molecule has 6 nitrogen and oxygen atoms in total. The van der Waals surface area contributed by atoms with Crippen LogP contribution in [0.3, 0.4) is 0 Å². The lowest BCUT2D eigenvalue weighted by atomic mass is 10.00. The highest BCUT2D eigenvalue weighted by molar-refractivity contribution is 5.19. The molecule has 170 valence electrons. The Morgan fingerprint density at radius 1 is 0.424 bits per heavy atom. The molecule has 4 bridgehead atoms. The molecule has 0 aliphatic carbocycles. The fraction of sp³-hybridized carbons (Fsp3) is 0.333. The number of rotatable bonds is 3. The summed E-state index contributed by atoms with van der Waals surface area (Å²) in [5, 5.41) is 0. The molecule has 3 aromatic carbocycles. The summed E-state index contributed by atoms with van der Waals surface area (Å²) in [5.74, 6) is 0. The van der Waals surface area contributed by atoms with Gasteiger partial charge in [-0.15, -0.1) is 0 Å². The van der Waals surface area contributed by atoms with E-state index in [1.165, 1.54) is 0 Å². The smallest absolute Gasteiger partial charge is 0.184 e. The minimum absolute atomic E-state index is 0.307. The van der Waals surface area contributed by atoms with Gasteiger partial charge in [0.25, 0.3) is 0 Å². The first-order chi connectivity index (χ1) is 16.3. The van der Waals surface area contributed by atoms with Crippen molar-refractivity contribution in [1.82, 2.24) is 0 Å². The molecule has 3 saturated heterocycles. The largest absolute Gasteiger partial charge is 0.346 e. The van der Waals surface area contributed by atoms with E-state index in [1.54, 1.807) is 0 Å². The van der Waals surface area contributed by atoms with E-state index in [-0.39, 0.29) is 12.2 Å². The summed E-state index contributed by atoms with van der Waals surface area (Å²) in [6, 6.07) is 29.7. The molecule has 0 spiro atoms. The molecule has 0 amide bonds. The highest BCUT2D eigenvalue weighted by atomic mass is 16.8. The summed E-state index contributed by atoms with van der Waals surface area (Å²) in [6.07, 6.45) is -3.14. The lowest BCUT2D eigenvalue weighted by Crippen LogP contribution is -2.57. The minimum Gasteiger partial charge on any atom is -0.346 e. The summed E-state index contributed by atoms with van der Waals surface area (Å²) in [4.78, 5) is 0. The van der Waals surface area contributed by atoms with Crippen LogP contribution in [0.4, 0.5) is 0 Å². The Morgan fingerprint density at radius 2 is 0.788 bits per heavy atom. The van der Waals surface area contributed by atoms with Gasteiger partial charge in [0.15, 0.2) is 18.9 Å². The van der Waals surface area contributed by atoms with Crippen molar-refractivity contribution in [3.05, 3.63) is 108 Å². The van der Waals surface area contributed by atoms with Crippen molar-refractivity contribution < 1.29 is 28.4 Å². The van der Waals surface area contributed by atoms with Gasteiger partial charge in [0.05, 0.1) is 13.2 Å². The zero-order chi connectivity index (χ0) is 22.0. The van der Waals surface area contributed by atoms with Crippen molar-refractivity contribution in [2.45, 2.75) is 43.3 Å². The number of hydrogen-bond acceptors (Lipinski definition) is 6. The van der Waals surface area contributed by atoms with Crippen LogP contribution < -0.4 is 0 Å². The Labute approximate surface area is 192 Å². The minimum atomic E-state index is -0.542. The lowest BCUT2D eigenvalue weighted by Gasteiger charge is -2.45. The van der Waals surface area contributed by atoms with Crippen molar-refractivity contribution in [2.75, 3.05) is 13.2 Å². The molecule has 0 N–H and O–H groups in total. The van der Waals surface area contributed by atoms with Crippen molar-refractivity contribution in [3.8, 4) is 0 Å². The SMILES string of the molecule is c1ccc(C2OC[C@H]3OC(c4ccccc4)OC[C@@H]4OC(c5ccccc5)O[C@@H]3[C@H]4O2)cc1. The highest BCUT2D eigenvalue weighted by Gasteiger charge is 2.50. The van der Waals surface area contributed by atoms with Gasteiger partial charge in [-0.2, -0.15) is 0 Å². The van der Waals surface area contributed by atoms with Gasteiger partial charge in [-0.3, -0.25) is 0 Å². The molecule has 33 heavy (non-hydrogen) atoms. The third-order valence-electron chi connectivity index (χ3n) is 6.25. The zero-order valence-electron chi connectivity index (χ0n) is 18.1. The molecule has 3 aliphatic rings. The van der Waals surface area contributed by atoms with E-state index < -0.39 is 31.1 Å². The summed E-state index contributed by atoms with van der Waals surface area (Å²) < 4.78 is 38.3. The van der Waals surface area contributed by atoms with Gasteiger partial charge >= 0.3 is 0 Å². The lowest BCUT2D eigenvalue weighted by molar-refractivity contribution is -0.354. The third kappa shape index (κ3) is 4.34. The van der Waals surface area contributed by atoms with E-state index in [0.717, 1.165) is 16.7 Å². The van der Waals surface area contributed by atoms with E-state index in [0.29, 0.717) is 13.2 Å². The first-order valence-corrected chi connectivity index (χ1v) is 11.3. The molecule has 0 radical (unpaired) electrons. The maximum Gasteiger partial charge on any atom is 0.184 e. The molecule has 3 unspecified atom stereocenters. The third-order valence-corrected chi connectivity index (χ3v) is 6.25. The molecule has 0 saturated carbocycles. The Balaban J connectivity index is 1.34. The van der Waals surface area contributed by atoms with Crippen LogP contribution in [0.1, 0.15) is 35.6 Å². The Kier molecular flexibility index (Phi) is 5.94. The van der Waals surface area contributed by atoms with Gasteiger partial charge in [-0.25, -0.2) is 0 Å². The van der Waals surface area contributed by atoms with E-state index in [1.807, 2.05) is 91.0 Å². The molecular weight excluding hydrogens is 420 g/mol. The van der Waals surface area contributed by atoms with Gasteiger partial charge in [0, 0.05) is 16.7 Å². The average molecular weight is 446 g/mol. The molecule has 3 fully saturated rings. The molecule has 6 rings (SSSR count). The van der Waals surface area contributed by atoms with Crippen LogP contribution in [0, 0.1) is 0 Å². The number of ether oxygens (including phenoxy) is 6. The van der Waals surface area contributed by atoms with E-state index in [4.69, 9.17) is 28.4 Å². The molecule has 0 aromatic heterocycles. The van der Waals surface area contributed by atoms with Gasteiger partial charge in [0.2, 0.25) is 0 Å². The summed E-state index contributed by atoms with van der Waals surface area (Å²) in [5.41, 5.74) is 2.84.